The first-order chi connectivity index (χ1) is 12.2. The Morgan fingerprint density at radius 3 is 2.35 bits per heavy atom. The Morgan fingerprint density at radius 2 is 1.77 bits per heavy atom. The van der Waals surface area contributed by atoms with Crippen LogP contribution in [0.1, 0.15) is 63.7 Å². The van der Waals surface area contributed by atoms with Crippen LogP contribution in [0.3, 0.4) is 0 Å². The molecule has 1 aromatic carbocycles. The molecule has 1 atom stereocenters. The Labute approximate surface area is 155 Å². The molecule has 1 aromatic rings. The number of amides is 3. The van der Waals surface area contributed by atoms with E-state index in [4.69, 9.17) is 0 Å². The van der Waals surface area contributed by atoms with Gasteiger partial charge in [0.1, 0.15) is 6.04 Å². The fraction of sp³-hybridized carbons (Fsp3) is 0.550. The Balaban J connectivity index is 2.02. The van der Waals surface area contributed by atoms with Crippen molar-refractivity contribution in [2.24, 2.45) is 0 Å². The highest BCUT2D eigenvalue weighted by molar-refractivity contribution is 5.98. The normalized spacial score (nSPS) is 17.5. The molecular formula is C20H29N3O3. The first-order valence-electron chi connectivity index (χ1n) is 9.24. The number of carbonyl (C=O) groups is 3. The molecule has 3 amide bonds. The number of nitrogens with one attached hydrogen (secondary N) is 2. The van der Waals surface area contributed by atoms with Crippen molar-refractivity contribution in [3.8, 4) is 0 Å². The topological polar surface area (TPSA) is 78.5 Å². The molecule has 0 aromatic heterocycles. The average Bonchev–Trinajstić information content (AvgIpc) is 2.60. The van der Waals surface area contributed by atoms with Crippen molar-refractivity contribution in [2.75, 3.05) is 11.9 Å². The standard InChI is InChI=1S/C20H29N3O3/c1-5-17(24)23-13-7-6-8-16(23)19(26)21-15-11-9-14(10-12-15)18(25)22-20(2,3)4/h9-12,16H,5-8,13H2,1-4H3,(H,21,26)(H,22,25). The van der Waals surface area contributed by atoms with E-state index < -0.39 is 6.04 Å². The second kappa shape index (κ2) is 8.34. The summed E-state index contributed by atoms with van der Waals surface area (Å²) in [5.41, 5.74) is 0.857. The number of rotatable bonds is 4. The predicted molar refractivity (Wildman–Crippen MR) is 102 cm³/mol. The Hall–Kier alpha value is -2.37. The van der Waals surface area contributed by atoms with Crippen LogP contribution in [0.2, 0.25) is 0 Å². The van der Waals surface area contributed by atoms with Gasteiger partial charge in [-0.25, -0.2) is 0 Å². The lowest BCUT2D eigenvalue weighted by molar-refractivity contribution is -0.140. The summed E-state index contributed by atoms with van der Waals surface area (Å²) >= 11 is 0. The number of piperidine rings is 1. The number of nitrogens with zero attached hydrogens (tertiary/aromatic N) is 1. The van der Waals surface area contributed by atoms with E-state index in [2.05, 4.69) is 10.6 Å². The van der Waals surface area contributed by atoms with Crippen molar-refractivity contribution in [3.05, 3.63) is 29.8 Å². The third-order valence-electron chi connectivity index (χ3n) is 4.33. The summed E-state index contributed by atoms with van der Waals surface area (Å²) < 4.78 is 0. The van der Waals surface area contributed by atoms with Crippen molar-refractivity contribution in [3.63, 3.8) is 0 Å². The molecule has 2 N–H and O–H groups in total. The van der Waals surface area contributed by atoms with Gasteiger partial charge in [-0.3, -0.25) is 14.4 Å². The van der Waals surface area contributed by atoms with E-state index in [0.717, 1.165) is 12.8 Å². The molecule has 2 rings (SSSR count). The first-order valence-corrected chi connectivity index (χ1v) is 9.24. The van der Waals surface area contributed by atoms with Gasteiger partial charge < -0.3 is 15.5 Å². The first kappa shape index (κ1) is 19.9. The summed E-state index contributed by atoms with van der Waals surface area (Å²) in [6, 6.07) is 6.38. The van der Waals surface area contributed by atoms with Gasteiger partial charge in [0.15, 0.2) is 0 Å². The molecule has 1 heterocycles. The van der Waals surface area contributed by atoms with Crippen molar-refractivity contribution < 1.29 is 14.4 Å². The van der Waals surface area contributed by atoms with Gasteiger partial charge in [-0.1, -0.05) is 6.92 Å². The Morgan fingerprint density at radius 1 is 1.12 bits per heavy atom. The van der Waals surface area contributed by atoms with Crippen molar-refractivity contribution in [1.29, 1.82) is 0 Å². The summed E-state index contributed by atoms with van der Waals surface area (Å²) in [4.78, 5) is 38.5. The smallest absolute Gasteiger partial charge is 0.251 e. The van der Waals surface area contributed by atoms with Crippen molar-refractivity contribution in [1.82, 2.24) is 10.2 Å². The zero-order chi connectivity index (χ0) is 19.3. The molecule has 1 saturated heterocycles. The van der Waals surface area contributed by atoms with E-state index in [9.17, 15) is 14.4 Å². The molecule has 1 aliphatic rings. The molecular weight excluding hydrogens is 330 g/mol. The summed E-state index contributed by atoms with van der Waals surface area (Å²) in [5.74, 6) is -0.306. The Kier molecular flexibility index (Phi) is 6.40. The van der Waals surface area contributed by atoms with E-state index in [1.165, 1.54) is 0 Å². The highest BCUT2D eigenvalue weighted by Crippen LogP contribution is 2.20. The monoisotopic (exact) mass is 359 g/mol. The van der Waals surface area contributed by atoms with E-state index in [1.54, 1.807) is 29.2 Å². The van der Waals surface area contributed by atoms with Crippen molar-refractivity contribution >= 4 is 23.4 Å². The lowest BCUT2D eigenvalue weighted by Gasteiger charge is -2.34. The molecule has 1 unspecified atom stereocenters. The van der Waals surface area contributed by atoms with Crippen LogP contribution in [0.5, 0.6) is 0 Å². The molecule has 6 heteroatoms. The predicted octanol–water partition coefficient (Wildman–Crippen LogP) is 2.94. The molecule has 1 fully saturated rings. The SMILES string of the molecule is CCC(=O)N1CCCCC1C(=O)Nc1ccc(C(=O)NC(C)(C)C)cc1. The van der Waals surface area contributed by atoms with Crippen LogP contribution in [0.4, 0.5) is 5.69 Å². The van der Waals surface area contributed by atoms with E-state index >= 15 is 0 Å². The lowest BCUT2D eigenvalue weighted by atomic mass is 10.0. The van der Waals surface area contributed by atoms with Crippen molar-refractivity contribution in [2.45, 2.75) is 65.0 Å². The summed E-state index contributed by atoms with van der Waals surface area (Å²) in [6.07, 6.45) is 2.97. The minimum atomic E-state index is -0.417. The highest BCUT2D eigenvalue weighted by atomic mass is 16.2. The molecule has 26 heavy (non-hydrogen) atoms. The highest BCUT2D eigenvalue weighted by Gasteiger charge is 2.31. The Bertz CT molecular complexity index is 662. The van der Waals surface area contributed by atoms with E-state index in [-0.39, 0.29) is 23.3 Å². The number of hydrogen-bond acceptors (Lipinski definition) is 3. The summed E-state index contributed by atoms with van der Waals surface area (Å²) in [5, 5.41) is 5.77. The molecule has 0 radical (unpaired) electrons. The maximum atomic E-state index is 12.6. The van der Waals surface area contributed by atoms with Crippen LogP contribution in [0.15, 0.2) is 24.3 Å². The molecule has 1 aliphatic heterocycles. The van der Waals surface area contributed by atoms with Crippen LogP contribution < -0.4 is 10.6 Å². The van der Waals surface area contributed by atoms with Gasteiger partial charge in [0.05, 0.1) is 0 Å². The zero-order valence-electron chi connectivity index (χ0n) is 16.1. The van der Waals surface area contributed by atoms with E-state index in [0.29, 0.717) is 30.6 Å². The summed E-state index contributed by atoms with van der Waals surface area (Å²) in [6.45, 7) is 8.22. The second-order valence-electron chi connectivity index (χ2n) is 7.72. The second-order valence-corrected chi connectivity index (χ2v) is 7.72. The van der Waals surface area contributed by atoms with Gasteiger partial charge in [-0.2, -0.15) is 0 Å². The largest absolute Gasteiger partial charge is 0.347 e. The summed E-state index contributed by atoms with van der Waals surface area (Å²) in [7, 11) is 0. The number of carbonyl (C=O) groups excluding carboxylic acids is 3. The fourth-order valence-electron chi connectivity index (χ4n) is 3.05. The molecule has 0 aliphatic carbocycles. The molecule has 0 spiro atoms. The molecule has 6 nitrogen and oxygen atoms in total. The van der Waals surface area contributed by atoms with Gasteiger partial charge in [0.2, 0.25) is 11.8 Å². The fourth-order valence-corrected chi connectivity index (χ4v) is 3.05. The minimum absolute atomic E-state index is 0.0130. The maximum absolute atomic E-state index is 12.6. The maximum Gasteiger partial charge on any atom is 0.251 e. The number of hydrogen-bond donors (Lipinski definition) is 2. The van der Waals surface area contributed by atoms with Crippen LogP contribution in [0.25, 0.3) is 0 Å². The van der Waals surface area contributed by atoms with Gasteiger partial charge in [0.25, 0.3) is 5.91 Å². The number of likely N-dealkylation sites (tertiary alicyclic amines) is 1. The third kappa shape index (κ3) is 5.31. The lowest BCUT2D eigenvalue weighted by Crippen LogP contribution is -2.49. The van der Waals surface area contributed by atoms with Crippen LogP contribution in [-0.2, 0) is 9.59 Å². The van der Waals surface area contributed by atoms with Gasteiger partial charge in [-0.05, 0) is 64.3 Å². The third-order valence-corrected chi connectivity index (χ3v) is 4.33. The average molecular weight is 359 g/mol. The number of benzene rings is 1. The zero-order valence-corrected chi connectivity index (χ0v) is 16.1. The van der Waals surface area contributed by atoms with Gasteiger partial charge >= 0.3 is 0 Å². The van der Waals surface area contributed by atoms with Gasteiger partial charge in [-0.15, -0.1) is 0 Å². The molecule has 0 saturated carbocycles. The van der Waals surface area contributed by atoms with E-state index in [1.807, 2.05) is 27.7 Å². The van der Waals surface area contributed by atoms with Gasteiger partial charge in [0, 0.05) is 29.8 Å². The van der Waals surface area contributed by atoms with Crippen LogP contribution >= 0.6 is 0 Å². The van der Waals surface area contributed by atoms with Crippen LogP contribution in [-0.4, -0.2) is 40.7 Å². The van der Waals surface area contributed by atoms with Crippen LogP contribution in [0, 0.1) is 0 Å². The molecule has 0 bridgehead atoms. The quantitative estimate of drug-likeness (QED) is 0.867. The molecule has 142 valence electrons. The minimum Gasteiger partial charge on any atom is -0.347 e. The number of anilines is 1.